The maximum Gasteiger partial charge on any atom is 0.126 e. The summed E-state index contributed by atoms with van der Waals surface area (Å²) >= 11 is 0. The summed E-state index contributed by atoms with van der Waals surface area (Å²) in [5.41, 5.74) is 1.22. The summed E-state index contributed by atoms with van der Waals surface area (Å²) in [5.74, 6) is 1.30. The van der Waals surface area contributed by atoms with Crippen LogP contribution in [0.1, 0.15) is 19.4 Å². The average molecular weight is 273 g/mol. The monoisotopic (exact) mass is 273 g/mol. The van der Waals surface area contributed by atoms with Crippen molar-refractivity contribution in [1.29, 1.82) is 0 Å². The van der Waals surface area contributed by atoms with Crippen LogP contribution < -0.4 is 10.1 Å². The molecule has 0 aliphatic heterocycles. The van der Waals surface area contributed by atoms with Gasteiger partial charge in [0.05, 0.1) is 13.7 Å². The molecular formula is C17H23NO2. The highest BCUT2D eigenvalue weighted by molar-refractivity contribution is 5.91. The van der Waals surface area contributed by atoms with E-state index in [1.165, 1.54) is 10.9 Å². The highest BCUT2D eigenvalue weighted by Crippen LogP contribution is 2.28. The van der Waals surface area contributed by atoms with E-state index in [2.05, 4.69) is 37.4 Å². The Morgan fingerprint density at radius 3 is 2.40 bits per heavy atom. The lowest BCUT2D eigenvalue weighted by atomic mass is 10.0. The lowest BCUT2D eigenvalue weighted by Crippen LogP contribution is -2.36. The van der Waals surface area contributed by atoms with Gasteiger partial charge in [-0.3, -0.25) is 0 Å². The number of hydrogen-bond acceptors (Lipinski definition) is 3. The van der Waals surface area contributed by atoms with E-state index in [1.54, 1.807) is 7.11 Å². The largest absolute Gasteiger partial charge is 0.496 e. The minimum Gasteiger partial charge on any atom is -0.496 e. The van der Waals surface area contributed by atoms with E-state index in [0.29, 0.717) is 5.92 Å². The molecule has 1 atom stereocenters. The molecule has 0 fully saturated rings. The summed E-state index contributed by atoms with van der Waals surface area (Å²) in [6, 6.07) is 12.5. The summed E-state index contributed by atoms with van der Waals surface area (Å²) in [5, 5.41) is 15.1. The van der Waals surface area contributed by atoms with Gasteiger partial charge in [0.15, 0.2) is 0 Å². The van der Waals surface area contributed by atoms with E-state index >= 15 is 0 Å². The van der Waals surface area contributed by atoms with Crippen LogP contribution in [0.4, 0.5) is 0 Å². The van der Waals surface area contributed by atoms with Gasteiger partial charge in [0, 0.05) is 18.0 Å². The third-order valence-corrected chi connectivity index (χ3v) is 3.75. The molecule has 0 spiro atoms. The summed E-state index contributed by atoms with van der Waals surface area (Å²) < 4.78 is 5.41. The molecular weight excluding hydrogens is 250 g/mol. The van der Waals surface area contributed by atoms with Crippen LogP contribution >= 0.6 is 0 Å². The molecule has 2 aromatic carbocycles. The molecule has 0 saturated carbocycles. The first-order chi connectivity index (χ1) is 9.67. The van der Waals surface area contributed by atoms with Crippen molar-refractivity contribution in [1.82, 2.24) is 5.32 Å². The molecule has 108 valence electrons. The highest BCUT2D eigenvalue weighted by atomic mass is 16.5. The molecule has 0 heterocycles. The standard InChI is InChI=1S/C17H23NO2/c1-12(2)16(11-19)18-10-13-8-9-17(20-3)15-7-5-4-6-14(13)15/h4-9,12,16,18-19H,10-11H2,1-3H3/t16-/m1/s1. The van der Waals surface area contributed by atoms with Crippen molar-refractivity contribution in [2.45, 2.75) is 26.4 Å². The SMILES string of the molecule is COc1ccc(CN[C@H](CO)C(C)C)c2ccccc12. The maximum absolute atomic E-state index is 9.39. The van der Waals surface area contributed by atoms with E-state index in [-0.39, 0.29) is 12.6 Å². The zero-order valence-electron chi connectivity index (χ0n) is 12.4. The second-order valence-electron chi connectivity index (χ2n) is 5.39. The van der Waals surface area contributed by atoms with Crippen molar-refractivity contribution in [3.05, 3.63) is 42.0 Å². The Morgan fingerprint density at radius 2 is 1.80 bits per heavy atom. The van der Waals surface area contributed by atoms with Gasteiger partial charge in [-0.15, -0.1) is 0 Å². The lowest BCUT2D eigenvalue weighted by molar-refractivity contribution is 0.210. The quantitative estimate of drug-likeness (QED) is 0.850. The highest BCUT2D eigenvalue weighted by Gasteiger charge is 2.12. The Morgan fingerprint density at radius 1 is 1.10 bits per heavy atom. The third kappa shape index (κ3) is 3.11. The van der Waals surface area contributed by atoms with Gasteiger partial charge in [-0.25, -0.2) is 0 Å². The van der Waals surface area contributed by atoms with E-state index in [0.717, 1.165) is 17.7 Å². The van der Waals surface area contributed by atoms with Gasteiger partial charge in [0.2, 0.25) is 0 Å². The number of hydrogen-bond donors (Lipinski definition) is 2. The first-order valence-electron chi connectivity index (χ1n) is 7.06. The number of methoxy groups -OCH3 is 1. The van der Waals surface area contributed by atoms with Crippen LogP contribution in [0.2, 0.25) is 0 Å². The fourth-order valence-corrected chi connectivity index (χ4v) is 2.42. The molecule has 0 amide bonds. The molecule has 2 N–H and O–H groups in total. The number of benzene rings is 2. The summed E-state index contributed by atoms with van der Waals surface area (Å²) in [6.07, 6.45) is 0. The van der Waals surface area contributed by atoms with Gasteiger partial charge in [-0.2, -0.15) is 0 Å². The van der Waals surface area contributed by atoms with E-state index in [1.807, 2.05) is 18.2 Å². The van der Waals surface area contributed by atoms with E-state index in [9.17, 15) is 5.11 Å². The Labute approximate surface area is 120 Å². The number of nitrogens with one attached hydrogen (secondary N) is 1. The Balaban J connectivity index is 2.27. The lowest BCUT2D eigenvalue weighted by Gasteiger charge is -2.20. The second-order valence-corrected chi connectivity index (χ2v) is 5.39. The van der Waals surface area contributed by atoms with E-state index in [4.69, 9.17) is 4.74 Å². The average Bonchev–Trinajstić information content (AvgIpc) is 2.47. The topological polar surface area (TPSA) is 41.5 Å². The third-order valence-electron chi connectivity index (χ3n) is 3.75. The van der Waals surface area contributed by atoms with Crippen LogP contribution in [0, 0.1) is 5.92 Å². The van der Waals surface area contributed by atoms with Crippen molar-refractivity contribution < 1.29 is 9.84 Å². The molecule has 0 aromatic heterocycles. The molecule has 20 heavy (non-hydrogen) atoms. The molecule has 2 rings (SSSR count). The number of aliphatic hydroxyl groups excluding tert-OH is 1. The van der Waals surface area contributed by atoms with Crippen molar-refractivity contribution in [2.75, 3.05) is 13.7 Å². The van der Waals surface area contributed by atoms with Gasteiger partial charge in [0.25, 0.3) is 0 Å². The first-order valence-corrected chi connectivity index (χ1v) is 7.06. The molecule has 2 aromatic rings. The number of ether oxygens (including phenoxy) is 1. The minimum absolute atomic E-state index is 0.121. The molecule has 3 heteroatoms. The van der Waals surface area contributed by atoms with Crippen LogP contribution in [-0.2, 0) is 6.54 Å². The fourth-order valence-electron chi connectivity index (χ4n) is 2.42. The van der Waals surface area contributed by atoms with Crippen LogP contribution in [0.15, 0.2) is 36.4 Å². The van der Waals surface area contributed by atoms with Crippen LogP contribution in [0.5, 0.6) is 5.75 Å². The van der Waals surface area contributed by atoms with Gasteiger partial charge >= 0.3 is 0 Å². The number of aliphatic hydroxyl groups is 1. The normalized spacial score (nSPS) is 12.8. The van der Waals surface area contributed by atoms with Crippen LogP contribution in [0.25, 0.3) is 10.8 Å². The number of rotatable bonds is 6. The molecule has 0 aliphatic carbocycles. The Bertz CT molecular complexity index is 566. The maximum atomic E-state index is 9.39. The zero-order chi connectivity index (χ0) is 14.5. The van der Waals surface area contributed by atoms with Gasteiger partial charge in [-0.1, -0.05) is 44.2 Å². The zero-order valence-corrected chi connectivity index (χ0v) is 12.4. The van der Waals surface area contributed by atoms with Gasteiger partial charge < -0.3 is 15.2 Å². The van der Waals surface area contributed by atoms with Gasteiger partial charge in [-0.05, 0) is 22.9 Å². The van der Waals surface area contributed by atoms with Crippen molar-refractivity contribution in [3.63, 3.8) is 0 Å². The summed E-state index contributed by atoms with van der Waals surface area (Å²) in [4.78, 5) is 0. The summed E-state index contributed by atoms with van der Waals surface area (Å²) in [7, 11) is 1.69. The van der Waals surface area contributed by atoms with Crippen LogP contribution in [0.3, 0.4) is 0 Å². The van der Waals surface area contributed by atoms with Crippen molar-refractivity contribution in [3.8, 4) is 5.75 Å². The van der Waals surface area contributed by atoms with Crippen molar-refractivity contribution in [2.24, 2.45) is 5.92 Å². The first kappa shape index (κ1) is 14.8. The molecule has 0 bridgehead atoms. The molecule has 0 aliphatic rings. The minimum atomic E-state index is 0.121. The Hall–Kier alpha value is -1.58. The molecule has 0 unspecified atom stereocenters. The smallest absolute Gasteiger partial charge is 0.126 e. The fraction of sp³-hybridized carbons (Fsp3) is 0.412. The molecule has 0 radical (unpaired) electrons. The number of fused-ring (bicyclic) bond motifs is 1. The second kappa shape index (κ2) is 6.73. The van der Waals surface area contributed by atoms with E-state index < -0.39 is 0 Å². The molecule has 0 saturated heterocycles. The predicted molar refractivity (Wildman–Crippen MR) is 83.1 cm³/mol. The molecule has 3 nitrogen and oxygen atoms in total. The van der Waals surface area contributed by atoms with Crippen molar-refractivity contribution >= 4 is 10.8 Å². The Kier molecular flexibility index (Phi) is 4.99. The van der Waals surface area contributed by atoms with Crippen LogP contribution in [-0.4, -0.2) is 24.9 Å². The predicted octanol–water partition coefficient (Wildman–Crippen LogP) is 2.95. The van der Waals surface area contributed by atoms with Gasteiger partial charge in [0.1, 0.15) is 5.75 Å². The summed E-state index contributed by atoms with van der Waals surface area (Å²) in [6.45, 7) is 5.12.